The minimum absolute atomic E-state index is 0.0332. The minimum Gasteiger partial charge on any atom is -0.465 e. The van der Waals surface area contributed by atoms with Crippen LogP contribution in [0.25, 0.3) is 0 Å². The van der Waals surface area contributed by atoms with Crippen LogP contribution in [-0.2, 0) is 14.8 Å². The third-order valence-electron chi connectivity index (χ3n) is 3.61. The molecule has 2 heterocycles. The zero-order valence-electron chi connectivity index (χ0n) is 12.4. The molecule has 0 saturated carbocycles. The molecule has 1 aliphatic heterocycles. The van der Waals surface area contributed by atoms with E-state index in [-0.39, 0.29) is 34.6 Å². The number of nitrogens with zero attached hydrogens (tertiary/aromatic N) is 1. The zero-order valence-corrected chi connectivity index (χ0v) is 13.2. The molecule has 7 nitrogen and oxygen atoms in total. The van der Waals surface area contributed by atoms with Crippen molar-refractivity contribution in [1.82, 2.24) is 4.31 Å². The second-order valence-corrected chi connectivity index (χ2v) is 7.05. The Morgan fingerprint density at radius 3 is 2.62 bits per heavy atom. The van der Waals surface area contributed by atoms with Crippen molar-refractivity contribution in [3.8, 4) is 0 Å². The van der Waals surface area contributed by atoms with E-state index < -0.39 is 16.0 Å². The fourth-order valence-corrected chi connectivity index (χ4v) is 4.54. The van der Waals surface area contributed by atoms with Crippen LogP contribution >= 0.6 is 0 Å². The van der Waals surface area contributed by atoms with E-state index in [4.69, 9.17) is 10.2 Å². The van der Waals surface area contributed by atoms with Gasteiger partial charge in [-0.3, -0.25) is 0 Å². The van der Waals surface area contributed by atoms with Crippen LogP contribution < -0.4 is 5.73 Å². The third-order valence-corrected chi connectivity index (χ3v) is 5.63. The molecule has 1 fully saturated rings. The highest BCUT2D eigenvalue weighted by Gasteiger charge is 2.37. The van der Waals surface area contributed by atoms with Crippen LogP contribution in [-0.4, -0.2) is 44.9 Å². The summed E-state index contributed by atoms with van der Waals surface area (Å²) in [6.07, 6.45) is 1.49. The first-order valence-corrected chi connectivity index (χ1v) is 8.17. The Morgan fingerprint density at radius 2 is 2.05 bits per heavy atom. The lowest BCUT2D eigenvalue weighted by Gasteiger charge is -2.29. The first kappa shape index (κ1) is 16.0. The summed E-state index contributed by atoms with van der Waals surface area (Å²) in [6.45, 7) is 3.70. The Morgan fingerprint density at radius 1 is 1.38 bits per heavy atom. The molecule has 2 N–H and O–H groups in total. The molecule has 8 heteroatoms. The second kappa shape index (κ2) is 5.78. The number of aryl methyl sites for hydroxylation is 2. The molecule has 1 unspecified atom stereocenters. The molecule has 0 bridgehead atoms. The van der Waals surface area contributed by atoms with Gasteiger partial charge in [0, 0.05) is 19.1 Å². The molecule has 0 aromatic carbocycles. The van der Waals surface area contributed by atoms with Gasteiger partial charge in [-0.05, 0) is 26.7 Å². The number of furan rings is 1. The third kappa shape index (κ3) is 2.83. The molecule has 1 aliphatic rings. The number of hydrogen-bond donors (Lipinski definition) is 1. The van der Waals surface area contributed by atoms with Crippen LogP contribution in [0, 0.1) is 13.8 Å². The minimum atomic E-state index is -3.83. The number of methoxy groups -OCH3 is 1. The number of sulfonamides is 1. The summed E-state index contributed by atoms with van der Waals surface area (Å²) in [6, 6.07) is -0.191. The molecule has 1 atom stereocenters. The molecule has 0 spiro atoms. The van der Waals surface area contributed by atoms with Gasteiger partial charge in [-0.1, -0.05) is 0 Å². The van der Waals surface area contributed by atoms with E-state index >= 15 is 0 Å². The maximum atomic E-state index is 12.8. The van der Waals surface area contributed by atoms with Crippen LogP contribution in [0.3, 0.4) is 0 Å². The number of carbonyl (C=O) groups is 1. The number of ether oxygens (including phenoxy) is 1. The summed E-state index contributed by atoms with van der Waals surface area (Å²) >= 11 is 0. The lowest BCUT2D eigenvalue weighted by Crippen LogP contribution is -2.45. The van der Waals surface area contributed by atoms with Gasteiger partial charge in [0.15, 0.2) is 0 Å². The van der Waals surface area contributed by atoms with Gasteiger partial charge in [-0.15, -0.1) is 0 Å². The predicted molar refractivity (Wildman–Crippen MR) is 75.5 cm³/mol. The first-order valence-electron chi connectivity index (χ1n) is 6.73. The van der Waals surface area contributed by atoms with Crippen molar-refractivity contribution in [3.05, 3.63) is 17.1 Å². The normalized spacial score (nSPS) is 20.5. The van der Waals surface area contributed by atoms with Gasteiger partial charge in [0.05, 0.1) is 7.11 Å². The first-order chi connectivity index (χ1) is 9.78. The van der Waals surface area contributed by atoms with Crippen LogP contribution in [0.1, 0.15) is 34.7 Å². The van der Waals surface area contributed by atoms with E-state index in [1.165, 1.54) is 18.3 Å². The van der Waals surface area contributed by atoms with Crippen molar-refractivity contribution in [3.63, 3.8) is 0 Å². The maximum absolute atomic E-state index is 12.8. The summed E-state index contributed by atoms with van der Waals surface area (Å²) in [5.41, 5.74) is 5.81. The van der Waals surface area contributed by atoms with E-state index in [1.807, 2.05) is 0 Å². The van der Waals surface area contributed by atoms with Gasteiger partial charge in [-0.2, -0.15) is 4.31 Å². The average Bonchev–Trinajstić information content (AvgIpc) is 2.73. The van der Waals surface area contributed by atoms with Gasteiger partial charge in [0.1, 0.15) is 22.0 Å². The Labute approximate surface area is 124 Å². The van der Waals surface area contributed by atoms with E-state index in [0.29, 0.717) is 13.0 Å². The van der Waals surface area contributed by atoms with Crippen molar-refractivity contribution in [1.29, 1.82) is 0 Å². The van der Waals surface area contributed by atoms with Crippen LogP contribution in [0.4, 0.5) is 0 Å². The monoisotopic (exact) mass is 316 g/mol. The number of nitrogens with two attached hydrogens (primary N) is 1. The molecule has 21 heavy (non-hydrogen) atoms. The average molecular weight is 316 g/mol. The second-order valence-electron chi connectivity index (χ2n) is 5.18. The number of rotatable bonds is 3. The lowest BCUT2D eigenvalue weighted by molar-refractivity contribution is 0.0594. The Kier molecular flexibility index (Phi) is 4.40. The smallest absolute Gasteiger partial charge is 0.342 e. The summed E-state index contributed by atoms with van der Waals surface area (Å²) < 4.78 is 36.9. The molecule has 1 aromatic heterocycles. The van der Waals surface area contributed by atoms with Crippen molar-refractivity contribution < 1.29 is 22.4 Å². The summed E-state index contributed by atoms with van der Waals surface area (Å²) in [7, 11) is -2.63. The highest BCUT2D eigenvalue weighted by molar-refractivity contribution is 7.89. The van der Waals surface area contributed by atoms with Crippen LogP contribution in [0.2, 0.25) is 0 Å². The molecule has 1 saturated heterocycles. The molecule has 0 amide bonds. The summed E-state index contributed by atoms with van der Waals surface area (Å²) in [5, 5.41) is 0. The van der Waals surface area contributed by atoms with E-state index in [1.54, 1.807) is 6.92 Å². The molecular formula is C13H20N2O5S. The predicted octanol–water partition coefficient (Wildman–Crippen LogP) is 0.795. The molecule has 0 aliphatic carbocycles. The highest BCUT2D eigenvalue weighted by atomic mass is 32.2. The van der Waals surface area contributed by atoms with Gasteiger partial charge >= 0.3 is 5.97 Å². The fourth-order valence-electron chi connectivity index (χ4n) is 2.63. The van der Waals surface area contributed by atoms with Gasteiger partial charge in [0.2, 0.25) is 10.0 Å². The maximum Gasteiger partial charge on any atom is 0.342 e. The number of hydrogen-bond acceptors (Lipinski definition) is 6. The van der Waals surface area contributed by atoms with Crippen LogP contribution in [0.5, 0.6) is 0 Å². The lowest BCUT2D eigenvalue weighted by atomic mass is 10.1. The van der Waals surface area contributed by atoms with Gasteiger partial charge < -0.3 is 14.9 Å². The number of esters is 1. The van der Waals surface area contributed by atoms with E-state index in [0.717, 1.165) is 6.42 Å². The summed E-state index contributed by atoms with van der Waals surface area (Å²) in [4.78, 5) is 11.8. The fraction of sp³-hybridized carbons (Fsp3) is 0.615. The Balaban J connectivity index is 2.52. The topological polar surface area (TPSA) is 103 Å². The molecule has 0 radical (unpaired) electrons. The van der Waals surface area contributed by atoms with Crippen molar-refractivity contribution in [2.75, 3.05) is 20.2 Å². The van der Waals surface area contributed by atoms with E-state index in [2.05, 4.69) is 4.74 Å². The van der Waals surface area contributed by atoms with E-state index in [9.17, 15) is 13.2 Å². The molecular weight excluding hydrogens is 296 g/mol. The Bertz CT molecular complexity index is 650. The standard InChI is InChI=1S/C13H20N2O5S/c1-8-11(13(16)19-3)12(9(2)20-8)21(17,18)15-6-4-5-10(14)7-15/h10H,4-7,14H2,1-3H3. The largest absolute Gasteiger partial charge is 0.465 e. The number of piperidine rings is 1. The van der Waals surface area contributed by atoms with Crippen LogP contribution in [0.15, 0.2) is 9.31 Å². The number of carbonyl (C=O) groups excluding carboxylic acids is 1. The van der Waals surface area contributed by atoms with Gasteiger partial charge in [-0.25, -0.2) is 13.2 Å². The highest BCUT2D eigenvalue weighted by Crippen LogP contribution is 2.31. The zero-order chi connectivity index (χ0) is 15.8. The molecule has 118 valence electrons. The van der Waals surface area contributed by atoms with Crippen molar-refractivity contribution >= 4 is 16.0 Å². The van der Waals surface area contributed by atoms with Gasteiger partial charge in [0.25, 0.3) is 0 Å². The molecule has 1 aromatic rings. The quantitative estimate of drug-likeness (QED) is 0.827. The Hall–Kier alpha value is -1.38. The van der Waals surface area contributed by atoms with Crippen molar-refractivity contribution in [2.45, 2.75) is 37.6 Å². The SMILES string of the molecule is COC(=O)c1c(C)oc(C)c1S(=O)(=O)N1CCCC(N)C1. The molecule has 2 rings (SSSR count). The van der Waals surface area contributed by atoms with Crippen molar-refractivity contribution in [2.24, 2.45) is 5.73 Å². The summed E-state index contributed by atoms with van der Waals surface area (Å²) in [5.74, 6) is -0.296.